The van der Waals surface area contributed by atoms with Crippen molar-refractivity contribution in [1.82, 2.24) is 0 Å². The van der Waals surface area contributed by atoms with Crippen LogP contribution in [0.1, 0.15) is 16.7 Å². The zero-order chi connectivity index (χ0) is 10.1. The van der Waals surface area contributed by atoms with Gasteiger partial charge in [-0.1, -0.05) is 12.1 Å². The SMILES string of the molecule is Cc1ccc2c(CCN)csc2c1C.Cl. The third kappa shape index (κ3) is 2.17. The van der Waals surface area contributed by atoms with Crippen molar-refractivity contribution < 1.29 is 0 Å². The summed E-state index contributed by atoms with van der Waals surface area (Å²) in [6, 6.07) is 4.42. The van der Waals surface area contributed by atoms with Gasteiger partial charge in [0.2, 0.25) is 0 Å². The molecule has 1 nitrogen and oxygen atoms in total. The van der Waals surface area contributed by atoms with Gasteiger partial charge in [-0.2, -0.15) is 0 Å². The Morgan fingerprint density at radius 3 is 2.67 bits per heavy atom. The molecule has 0 fully saturated rings. The molecule has 0 aliphatic carbocycles. The molecule has 1 heterocycles. The number of nitrogens with two attached hydrogens (primary N) is 1. The number of hydrogen-bond donors (Lipinski definition) is 1. The first-order chi connectivity index (χ1) is 6.74. The third-order valence-electron chi connectivity index (χ3n) is 2.76. The Labute approximate surface area is 101 Å². The minimum Gasteiger partial charge on any atom is -0.330 e. The van der Waals surface area contributed by atoms with Crippen LogP contribution >= 0.6 is 23.7 Å². The molecule has 1 aromatic carbocycles. The third-order valence-corrected chi connectivity index (χ3v) is 3.92. The molecule has 0 saturated carbocycles. The standard InChI is InChI=1S/C12H15NS.ClH/c1-8-3-4-11-10(5-6-13)7-14-12(11)9(8)2;/h3-4,7H,5-6,13H2,1-2H3;1H. The van der Waals surface area contributed by atoms with Crippen LogP contribution in [0.3, 0.4) is 0 Å². The summed E-state index contributed by atoms with van der Waals surface area (Å²) in [5.41, 5.74) is 9.77. The van der Waals surface area contributed by atoms with Gasteiger partial charge in [-0.15, -0.1) is 23.7 Å². The van der Waals surface area contributed by atoms with Crippen molar-refractivity contribution in [3.05, 3.63) is 34.2 Å². The summed E-state index contributed by atoms with van der Waals surface area (Å²) in [6.45, 7) is 5.09. The lowest BCUT2D eigenvalue weighted by Crippen LogP contribution is -2.01. The van der Waals surface area contributed by atoms with Crippen LogP contribution in [0.25, 0.3) is 10.1 Å². The Morgan fingerprint density at radius 2 is 2.00 bits per heavy atom. The van der Waals surface area contributed by atoms with E-state index in [1.807, 2.05) is 11.3 Å². The summed E-state index contributed by atoms with van der Waals surface area (Å²) in [6.07, 6.45) is 0.989. The predicted molar refractivity (Wildman–Crippen MR) is 71.3 cm³/mol. The second-order valence-electron chi connectivity index (χ2n) is 3.68. The highest BCUT2D eigenvalue weighted by molar-refractivity contribution is 7.17. The fourth-order valence-corrected chi connectivity index (χ4v) is 2.91. The Kier molecular flexibility index (Phi) is 4.14. The normalized spacial score (nSPS) is 10.3. The van der Waals surface area contributed by atoms with E-state index >= 15 is 0 Å². The van der Waals surface area contributed by atoms with Crippen LogP contribution in [0.15, 0.2) is 17.5 Å². The monoisotopic (exact) mass is 241 g/mol. The Bertz CT molecular complexity index is 462. The van der Waals surface area contributed by atoms with Crippen molar-refractivity contribution in [2.75, 3.05) is 6.54 Å². The molecule has 0 saturated heterocycles. The molecule has 0 amide bonds. The number of thiophene rings is 1. The van der Waals surface area contributed by atoms with Crippen LogP contribution < -0.4 is 5.73 Å². The lowest BCUT2D eigenvalue weighted by Gasteiger charge is -2.02. The molecule has 0 radical (unpaired) electrons. The van der Waals surface area contributed by atoms with E-state index in [2.05, 4.69) is 31.4 Å². The van der Waals surface area contributed by atoms with Crippen molar-refractivity contribution >= 4 is 33.8 Å². The molecular formula is C12H16ClNS. The maximum atomic E-state index is 5.58. The van der Waals surface area contributed by atoms with Gasteiger partial charge in [0.1, 0.15) is 0 Å². The van der Waals surface area contributed by atoms with E-state index in [0.29, 0.717) is 0 Å². The van der Waals surface area contributed by atoms with E-state index in [4.69, 9.17) is 5.73 Å². The number of fused-ring (bicyclic) bond motifs is 1. The Balaban J connectivity index is 0.00000112. The number of benzene rings is 1. The minimum atomic E-state index is 0. The molecule has 2 aromatic rings. The second kappa shape index (κ2) is 4.97. The molecule has 15 heavy (non-hydrogen) atoms. The van der Waals surface area contributed by atoms with Crippen molar-refractivity contribution in [1.29, 1.82) is 0 Å². The van der Waals surface area contributed by atoms with Gasteiger partial charge in [0.05, 0.1) is 0 Å². The van der Waals surface area contributed by atoms with Gasteiger partial charge < -0.3 is 5.73 Å². The number of rotatable bonds is 2. The van der Waals surface area contributed by atoms with Crippen LogP contribution in [-0.2, 0) is 6.42 Å². The average molecular weight is 242 g/mol. The molecule has 0 unspecified atom stereocenters. The maximum Gasteiger partial charge on any atom is 0.0377 e. The van der Waals surface area contributed by atoms with Crippen LogP contribution in [0.5, 0.6) is 0 Å². The molecule has 0 aliphatic heterocycles. The van der Waals surface area contributed by atoms with Crippen LogP contribution in [0.2, 0.25) is 0 Å². The summed E-state index contributed by atoms with van der Waals surface area (Å²) in [4.78, 5) is 0. The minimum absolute atomic E-state index is 0. The molecule has 2 rings (SSSR count). The molecule has 1 aromatic heterocycles. The lowest BCUT2D eigenvalue weighted by molar-refractivity contribution is 0.981. The van der Waals surface area contributed by atoms with Gasteiger partial charge in [-0.25, -0.2) is 0 Å². The highest BCUT2D eigenvalue weighted by Crippen LogP contribution is 2.30. The van der Waals surface area contributed by atoms with Crippen molar-refractivity contribution in [2.24, 2.45) is 5.73 Å². The quantitative estimate of drug-likeness (QED) is 0.857. The van der Waals surface area contributed by atoms with E-state index in [1.54, 1.807) is 0 Å². The first kappa shape index (κ1) is 12.5. The number of hydrogen-bond acceptors (Lipinski definition) is 2. The molecule has 0 spiro atoms. The topological polar surface area (TPSA) is 26.0 Å². The van der Waals surface area contributed by atoms with E-state index in [9.17, 15) is 0 Å². The molecule has 3 heteroatoms. The molecule has 82 valence electrons. The molecule has 0 aliphatic rings. The van der Waals surface area contributed by atoms with Gasteiger partial charge >= 0.3 is 0 Å². The molecular weight excluding hydrogens is 226 g/mol. The summed E-state index contributed by atoms with van der Waals surface area (Å²) in [5, 5.41) is 3.63. The van der Waals surface area contributed by atoms with Crippen LogP contribution in [-0.4, -0.2) is 6.54 Å². The second-order valence-corrected chi connectivity index (χ2v) is 4.56. The maximum absolute atomic E-state index is 5.58. The Hall–Kier alpha value is -0.570. The van der Waals surface area contributed by atoms with E-state index in [-0.39, 0.29) is 12.4 Å². The molecule has 0 atom stereocenters. The Morgan fingerprint density at radius 1 is 1.27 bits per heavy atom. The zero-order valence-corrected chi connectivity index (χ0v) is 10.7. The average Bonchev–Trinajstić information content (AvgIpc) is 2.57. The van der Waals surface area contributed by atoms with Crippen LogP contribution in [0, 0.1) is 13.8 Å². The van der Waals surface area contributed by atoms with Crippen LogP contribution in [0.4, 0.5) is 0 Å². The lowest BCUT2D eigenvalue weighted by atomic mass is 10.0. The van der Waals surface area contributed by atoms with E-state index in [0.717, 1.165) is 13.0 Å². The largest absolute Gasteiger partial charge is 0.330 e. The van der Waals surface area contributed by atoms with E-state index in [1.165, 1.54) is 26.8 Å². The van der Waals surface area contributed by atoms with Gasteiger partial charge in [0.25, 0.3) is 0 Å². The molecule has 2 N–H and O–H groups in total. The fraction of sp³-hybridized carbons (Fsp3) is 0.333. The van der Waals surface area contributed by atoms with E-state index < -0.39 is 0 Å². The van der Waals surface area contributed by atoms with Gasteiger partial charge in [-0.3, -0.25) is 0 Å². The van der Waals surface area contributed by atoms with Gasteiger partial charge in [0, 0.05) is 4.70 Å². The summed E-state index contributed by atoms with van der Waals surface area (Å²) < 4.78 is 1.42. The predicted octanol–water partition coefficient (Wildman–Crippen LogP) is 3.44. The summed E-state index contributed by atoms with van der Waals surface area (Å²) >= 11 is 1.84. The highest BCUT2D eigenvalue weighted by atomic mass is 35.5. The van der Waals surface area contributed by atoms with Crippen molar-refractivity contribution in [2.45, 2.75) is 20.3 Å². The highest BCUT2D eigenvalue weighted by Gasteiger charge is 2.06. The smallest absolute Gasteiger partial charge is 0.0377 e. The summed E-state index contributed by atoms with van der Waals surface area (Å²) in [5.74, 6) is 0. The fourth-order valence-electron chi connectivity index (χ4n) is 1.74. The van der Waals surface area contributed by atoms with Crippen molar-refractivity contribution in [3.63, 3.8) is 0 Å². The first-order valence-electron chi connectivity index (χ1n) is 4.90. The summed E-state index contributed by atoms with van der Waals surface area (Å²) in [7, 11) is 0. The number of halogens is 1. The van der Waals surface area contributed by atoms with Gasteiger partial charge in [0.15, 0.2) is 0 Å². The first-order valence-corrected chi connectivity index (χ1v) is 5.78. The number of aryl methyl sites for hydroxylation is 2. The van der Waals surface area contributed by atoms with Crippen molar-refractivity contribution in [3.8, 4) is 0 Å². The molecule has 0 bridgehead atoms. The van der Waals surface area contributed by atoms with Gasteiger partial charge in [-0.05, 0) is 54.3 Å². The zero-order valence-electron chi connectivity index (χ0n) is 9.04.